The second kappa shape index (κ2) is 12.7. The van der Waals surface area contributed by atoms with E-state index in [0.717, 1.165) is 31.0 Å². The van der Waals surface area contributed by atoms with E-state index in [4.69, 9.17) is 15.2 Å². The number of pyridine rings is 2. The minimum Gasteiger partial charge on any atom is -0.489 e. The largest absolute Gasteiger partial charge is 0.489 e. The van der Waals surface area contributed by atoms with Gasteiger partial charge >= 0.3 is 6.18 Å². The lowest BCUT2D eigenvalue weighted by Crippen LogP contribution is -2.52. The van der Waals surface area contributed by atoms with Crippen molar-refractivity contribution < 1.29 is 41.7 Å². The second-order valence-electron chi connectivity index (χ2n) is 12.2. The second-order valence-corrected chi connectivity index (χ2v) is 12.2. The van der Waals surface area contributed by atoms with Crippen LogP contribution < -0.4 is 25.8 Å². The maximum atomic E-state index is 14.9. The molecule has 0 spiro atoms. The molecule has 3 heterocycles. The number of benzene rings is 2. The number of fused-ring (bicyclic) bond motifs is 2. The summed E-state index contributed by atoms with van der Waals surface area (Å²) in [6, 6.07) is 12.0. The number of carbonyl (C=O) groups excluding carboxylic acids is 2. The molecule has 6 rings (SSSR count). The van der Waals surface area contributed by atoms with E-state index in [0.29, 0.717) is 29.6 Å². The Bertz CT molecular complexity index is 1870. The Kier molecular flexibility index (Phi) is 8.73. The zero-order valence-corrected chi connectivity index (χ0v) is 25.9. The van der Waals surface area contributed by atoms with E-state index in [1.807, 2.05) is 0 Å². The molecule has 252 valence electrons. The number of hydrogen-bond donors (Lipinski definition) is 4. The van der Waals surface area contributed by atoms with Crippen molar-refractivity contribution in [2.24, 2.45) is 5.73 Å². The molecule has 10 nitrogen and oxygen atoms in total. The average molecular weight is 668 g/mol. The van der Waals surface area contributed by atoms with Crippen molar-refractivity contribution in [2.75, 3.05) is 26.2 Å². The Labute approximate surface area is 272 Å². The van der Waals surface area contributed by atoms with Crippen LogP contribution in [-0.4, -0.2) is 65.4 Å². The molecule has 2 aliphatic rings. The van der Waals surface area contributed by atoms with E-state index in [2.05, 4.69) is 20.6 Å². The topological polar surface area (TPSA) is 149 Å². The summed E-state index contributed by atoms with van der Waals surface area (Å²) in [7, 11) is 0. The number of nitrogens with one attached hydrogen (secondary N) is 2. The highest BCUT2D eigenvalue weighted by molar-refractivity contribution is 6.00. The first-order valence-corrected chi connectivity index (χ1v) is 15.4. The molecule has 48 heavy (non-hydrogen) atoms. The fraction of sp³-hybridized carbons (Fsp3) is 0.353. The molecule has 5 N–H and O–H groups in total. The third-order valence-electron chi connectivity index (χ3n) is 8.51. The minimum atomic E-state index is -5.35. The summed E-state index contributed by atoms with van der Waals surface area (Å²) in [4.78, 5) is 35.2. The third-order valence-corrected chi connectivity index (χ3v) is 8.51. The monoisotopic (exact) mass is 667 g/mol. The molecule has 2 amide bonds. The number of alkyl halides is 3. The van der Waals surface area contributed by atoms with Gasteiger partial charge in [-0.15, -0.1) is 0 Å². The summed E-state index contributed by atoms with van der Waals surface area (Å²) >= 11 is 0. The number of nitrogens with zero attached hydrogens (tertiary/aromatic N) is 2. The first-order chi connectivity index (χ1) is 22.8. The van der Waals surface area contributed by atoms with Crippen molar-refractivity contribution in [1.82, 2.24) is 20.6 Å². The summed E-state index contributed by atoms with van der Waals surface area (Å²) in [6.45, 7) is 0.467. The zero-order valence-electron chi connectivity index (χ0n) is 25.9. The van der Waals surface area contributed by atoms with Crippen LogP contribution in [0.4, 0.5) is 17.6 Å². The molecular formula is C34H33F4N5O5. The highest BCUT2D eigenvalue weighted by Gasteiger charge is 2.58. The smallest absolute Gasteiger partial charge is 0.424 e. The van der Waals surface area contributed by atoms with E-state index in [1.165, 1.54) is 31.2 Å². The Morgan fingerprint density at radius 3 is 2.56 bits per heavy atom. The number of amides is 2. The standard InChI is InChI=1S/C34H33F4N5O5/c1-32(31(45)41-13-3-11-39)18-47-29-24(32)16-26(43-28(29)19-5-7-22(35)8-6-19)33(46,34(36,37)38)17-42-30(44)21-14-20-4-2-12-40-27(20)25(15-21)48-23-9-10-23/h2,4-8,12,14-16,23,46H,3,9-11,13,17-18,39H2,1H3,(H,41,45)(H,42,44)/t32-,33?/m0/s1. The van der Waals surface area contributed by atoms with Crippen LogP contribution in [0.1, 0.15) is 47.8 Å². The van der Waals surface area contributed by atoms with E-state index < -0.39 is 47.1 Å². The van der Waals surface area contributed by atoms with Gasteiger partial charge < -0.3 is 30.9 Å². The predicted octanol–water partition coefficient (Wildman–Crippen LogP) is 4.27. The molecule has 0 bridgehead atoms. The predicted molar refractivity (Wildman–Crippen MR) is 167 cm³/mol. The first kappa shape index (κ1) is 33.1. The van der Waals surface area contributed by atoms with Gasteiger partial charge in [0.25, 0.3) is 5.91 Å². The van der Waals surface area contributed by atoms with Gasteiger partial charge in [0.1, 0.15) is 40.5 Å². The normalized spacial score (nSPS) is 18.5. The summed E-state index contributed by atoms with van der Waals surface area (Å²) < 4.78 is 70.3. The van der Waals surface area contributed by atoms with Crippen molar-refractivity contribution >= 4 is 22.7 Å². The van der Waals surface area contributed by atoms with Crippen molar-refractivity contribution in [3.05, 3.63) is 83.4 Å². The molecule has 14 heteroatoms. The Balaban J connectivity index is 1.39. The maximum absolute atomic E-state index is 14.9. The van der Waals surface area contributed by atoms with Crippen molar-refractivity contribution in [3.8, 4) is 22.8 Å². The molecule has 1 fully saturated rings. The van der Waals surface area contributed by atoms with Crippen LogP contribution in [0.2, 0.25) is 0 Å². The van der Waals surface area contributed by atoms with Crippen LogP contribution >= 0.6 is 0 Å². The van der Waals surface area contributed by atoms with Gasteiger partial charge in [-0.1, -0.05) is 6.07 Å². The zero-order chi connectivity index (χ0) is 34.3. The number of aliphatic hydroxyl groups is 1. The van der Waals surface area contributed by atoms with Gasteiger partial charge in [-0.3, -0.25) is 14.6 Å². The highest BCUT2D eigenvalue weighted by atomic mass is 19.4. The lowest BCUT2D eigenvalue weighted by molar-refractivity contribution is -0.265. The number of nitrogens with two attached hydrogens (primary N) is 1. The SMILES string of the molecule is C[C@]1(C(=O)NCCCN)COc2c1cc(C(O)(CNC(=O)c1cc(OC3CC3)c3ncccc3c1)C(F)(F)F)nc2-c1ccc(F)cc1. The van der Waals surface area contributed by atoms with E-state index in [1.54, 1.807) is 18.3 Å². The van der Waals surface area contributed by atoms with Crippen molar-refractivity contribution in [2.45, 2.75) is 49.5 Å². The molecule has 0 saturated heterocycles. The number of carbonyl (C=O) groups is 2. The first-order valence-electron chi connectivity index (χ1n) is 15.4. The summed E-state index contributed by atoms with van der Waals surface area (Å²) in [6.07, 6.45) is -1.70. The Hall–Kier alpha value is -4.82. The Morgan fingerprint density at radius 2 is 1.88 bits per heavy atom. The Morgan fingerprint density at radius 1 is 1.12 bits per heavy atom. The maximum Gasteiger partial charge on any atom is 0.424 e. The number of rotatable bonds is 11. The molecule has 4 aromatic rings. The van der Waals surface area contributed by atoms with Crippen LogP contribution in [0.3, 0.4) is 0 Å². The van der Waals surface area contributed by atoms with Gasteiger partial charge in [0.15, 0.2) is 0 Å². The number of halogens is 4. The van der Waals surface area contributed by atoms with E-state index in [-0.39, 0.29) is 47.4 Å². The molecule has 2 aromatic heterocycles. The highest BCUT2D eigenvalue weighted by Crippen LogP contribution is 2.48. The average Bonchev–Trinajstić information content (AvgIpc) is 3.82. The van der Waals surface area contributed by atoms with Gasteiger partial charge in [-0.25, -0.2) is 9.37 Å². The van der Waals surface area contributed by atoms with Crippen LogP contribution in [0.5, 0.6) is 11.5 Å². The third kappa shape index (κ3) is 6.24. The number of hydrogen-bond acceptors (Lipinski definition) is 8. The lowest BCUT2D eigenvalue weighted by atomic mass is 9.81. The van der Waals surface area contributed by atoms with E-state index >= 15 is 0 Å². The van der Waals surface area contributed by atoms with Crippen molar-refractivity contribution in [3.63, 3.8) is 0 Å². The molecule has 1 aliphatic heterocycles. The molecule has 0 radical (unpaired) electrons. The molecule has 1 unspecified atom stereocenters. The molecule has 1 aliphatic carbocycles. The van der Waals surface area contributed by atoms with Gasteiger partial charge in [0, 0.05) is 34.8 Å². The van der Waals surface area contributed by atoms with Gasteiger partial charge in [-0.05, 0) is 81.3 Å². The van der Waals surface area contributed by atoms with Crippen LogP contribution in [0.15, 0.2) is 60.8 Å². The fourth-order valence-corrected chi connectivity index (χ4v) is 5.48. The number of ether oxygens (including phenoxy) is 2. The van der Waals surface area contributed by atoms with Gasteiger partial charge in [0.05, 0.1) is 18.3 Å². The lowest BCUT2D eigenvalue weighted by Gasteiger charge is -2.31. The van der Waals surface area contributed by atoms with Crippen molar-refractivity contribution in [1.29, 1.82) is 0 Å². The van der Waals surface area contributed by atoms with Gasteiger partial charge in [0.2, 0.25) is 11.5 Å². The number of aromatic nitrogens is 2. The molecule has 2 aromatic carbocycles. The van der Waals surface area contributed by atoms with Crippen LogP contribution in [-0.2, 0) is 15.8 Å². The molecular weight excluding hydrogens is 634 g/mol. The van der Waals surface area contributed by atoms with Crippen LogP contribution in [0.25, 0.3) is 22.2 Å². The molecule has 2 atom stereocenters. The summed E-state index contributed by atoms with van der Waals surface area (Å²) in [5, 5.41) is 16.9. The fourth-order valence-electron chi connectivity index (χ4n) is 5.48. The van der Waals surface area contributed by atoms with Crippen LogP contribution in [0, 0.1) is 5.82 Å². The van der Waals surface area contributed by atoms with Gasteiger partial charge in [-0.2, -0.15) is 13.2 Å². The molecule has 1 saturated carbocycles. The summed E-state index contributed by atoms with van der Waals surface area (Å²) in [5.74, 6) is -1.70. The summed E-state index contributed by atoms with van der Waals surface area (Å²) in [5.41, 5.74) is 0.0226. The minimum absolute atomic E-state index is 0.000265. The quantitative estimate of drug-likeness (QED) is 0.137. The van der Waals surface area contributed by atoms with E-state index in [9.17, 15) is 32.3 Å².